The monoisotopic (exact) mass is 345 g/mol. The van der Waals surface area contributed by atoms with Gasteiger partial charge in [0.15, 0.2) is 0 Å². The van der Waals surface area contributed by atoms with Crippen LogP contribution in [0.5, 0.6) is 0 Å². The molecule has 1 aromatic carbocycles. The van der Waals surface area contributed by atoms with E-state index in [9.17, 15) is 0 Å². The fourth-order valence-electron chi connectivity index (χ4n) is 1.65. The summed E-state index contributed by atoms with van der Waals surface area (Å²) in [5.41, 5.74) is 1.02. The van der Waals surface area contributed by atoms with E-state index >= 15 is 0 Å². The van der Waals surface area contributed by atoms with Crippen molar-refractivity contribution in [2.45, 2.75) is 19.4 Å². The van der Waals surface area contributed by atoms with Gasteiger partial charge in [0.2, 0.25) is 0 Å². The van der Waals surface area contributed by atoms with Crippen molar-refractivity contribution in [1.29, 1.82) is 0 Å². The van der Waals surface area contributed by atoms with Crippen LogP contribution in [0.1, 0.15) is 24.4 Å². The summed E-state index contributed by atoms with van der Waals surface area (Å²) in [4.78, 5) is 0. The van der Waals surface area contributed by atoms with E-state index in [4.69, 9.17) is 11.6 Å². The summed E-state index contributed by atoms with van der Waals surface area (Å²) >= 11 is 11.0. The topological polar surface area (TPSA) is 37.8 Å². The van der Waals surface area contributed by atoms with E-state index in [1.165, 1.54) is 0 Å². The van der Waals surface area contributed by atoms with Gasteiger partial charge in [-0.1, -0.05) is 45.8 Å². The molecule has 3 nitrogen and oxygen atoms in total. The molecule has 0 aliphatic rings. The molecule has 0 spiro atoms. The zero-order valence-corrected chi connectivity index (χ0v) is 13.2. The molecule has 18 heavy (non-hydrogen) atoms. The molecular formula is C12H13BrClN3S. The van der Waals surface area contributed by atoms with Gasteiger partial charge in [-0.05, 0) is 31.7 Å². The number of rotatable bonds is 4. The maximum Gasteiger partial charge on any atom is 0.148 e. The molecule has 0 radical (unpaired) electrons. The van der Waals surface area contributed by atoms with Gasteiger partial charge in [-0.2, -0.15) is 0 Å². The van der Waals surface area contributed by atoms with Crippen LogP contribution in [0.4, 0.5) is 0 Å². The summed E-state index contributed by atoms with van der Waals surface area (Å²) in [5, 5.41) is 14.4. The lowest BCUT2D eigenvalue weighted by Gasteiger charge is -2.08. The molecule has 1 aromatic heterocycles. The first-order valence-electron chi connectivity index (χ1n) is 5.61. The molecule has 1 heterocycles. The van der Waals surface area contributed by atoms with Crippen LogP contribution in [0, 0.1) is 0 Å². The summed E-state index contributed by atoms with van der Waals surface area (Å²) in [6.45, 7) is 2.13. The van der Waals surface area contributed by atoms with E-state index in [-0.39, 0.29) is 6.04 Å². The fourth-order valence-corrected chi connectivity index (χ4v) is 3.73. The van der Waals surface area contributed by atoms with Gasteiger partial charge in [-0.15, -0.1) is 10.2 Å². The van der Waals surface area contributed by atoms with E-state index in [1.54, 1.807) is 11.3 Å². The quantitative estimate of drug-likeness (QED) is 0.897. The highest BCUT2D eigenvalue weighted by Gasteiger charge is 2.15. The molecule has 1 N–H and O–H groups in total. The summed E-state index contributed by atoms with van der Waals surface area (Å²) < 4.78 is 0.940. The molecule has 1 unspecified atom stereocenters. The number of nitrogens with one attached hydrogen (secondary N) is 1. The lowest BCUT2D eigenvalue weighted by molar-refractivity contribution is 0.568. The van der Waals surface area contributed by atoms with Crippen molar-refractivity contribution >= 4 is 38.9 Å². The van der Waals surface area contributed by atoms with Crippen molar-refractivity contribution < 1.29 is 0 Å². The third-order valence-electron chi connectivity index (χ3n) is 2.66. The Morgan fingerprint density at radius 3 is 2.83 bits per heavy atom. The minimum absolute atomic E-state index is 0.266. The third-order valence-corrected chi connectivity index (χ3v) is 4.62. The number of benzene rings is 1. The number of hydrogen-bond donors (Lipinski definition) is 1. The standard InChI is InChI=1S/C12H13BrClN3S/c1-3-10(15-2)12-17-16-11(18-12)8-5-4-7(14)6-9(8)13/h4-6,10,15H,3H2,1-2H3. The molecule has 1 atom stereocenters. The van der Waals surface area contributed by atoms with Crippen LogP contribution >= 0.6 is 38.9 Å². The van der Waals surface area contributed by atoms with Gasteiger partial charge in [-0.25, -0.2) is 0 Å². The second kappa shape index (κ2) is 6.10. The van der Waals surface area contributed by atoms with Gasteiger partial charge >= 0.3 is 0 Å². The van der Waals surface area contributed by atoms with Gasteiger partial charge in [0.05, 0.1) is 6.04 Å². The van der Waals surface area contributed by atoms with Crippen LogP contribution in [0.25, 0.3) is 10.6 Å². The molecule has 0 aliphatic heterocycles. The molecule has 96 valence electrons. The maximum atomic E-state index is 5.93. The van der Waals surface area contributed by atoms with Gasteiger partial charge in [0.1, 0.15) is 10.0 Å². The Balaban J connectivity index is 2.34. The van der Waals surface area contributed by atoms with Gasteiger partial charge in [-0.3, -0.25) is 0 Å². The second-order valence-corrected chi connectivity index (χ2v) is 6.12. The average molecular weight is 347 g/mol. The van der Waals surface area contributed by atoms with Crippen molar-refractivity contribution in [1.82, 2.24) is 15.5 Å². The number of hydrogen-bond acceptors (Lipinski definition) is 4. The molecule has 6 heteroatoms. The second-order valence-electron chi connectivity index (χ2n) is 3.82. The Bertz CT molecular complexity index is 540. The summed E-state index contributed by atoms with van der Waals surface area (Å²) in [6.07, 6.45) is 0.993. The predicted molar refractivity (Wildman–Crippen MR) is 80.1 cm³/mol. The summed E-state index contributed by atoms with van der Waals surface area (Å²) in [7, 11) is 1.94. The van der Waals surface area contributed by atoms with Crippen molar-refractivity contribution in [3.8, 4) is 10.6 Å². The highest BCUT2D eigenvalue weighted by atomic mass is 79.9. The van der Waals surface area contributed by atoms with E-state index in [0.717, 1.165) is 26.5 Å². The smallest absolute Gasteiger partial charge is 0.148 e. The third kappa shape index (κ3) is 2.91. The normalized spacial score (nSPS) is 12.7. The van der Waals surface area contributed by atoms with Crippen molar-refractivity contribution in [3.05, 3.63) is 32.7 Å². The molecule has 0 bridgehead atoms. The first kappa shape index (κ1) is 13.9. The zero-order chi connectivity index (χ0) is 13.1. The molecule has 0 fully saturated rings. The largest absolute Gasteiger partial charge is 0.311 e. The van der Waals surface area contributed by atoms with Gasteiger partial charge in [0.25, 0.3) is 0 Å². The molecule has 2 aromatic rings. The van der Waals surface area contributed by atoms with Crippen molar-refractivity contribution in [3.63, 3.8) is 0 Å². The van der Waals surface area contributed by atoms with E-state index in [1.807, 2.05) is 25.2 Å². The summed E-state index contributed by atoms with van der Waals surface area (Å²) in [5.74, 6) is 0. The Hall–Kier alpha value is -0.490. The lowest BCUT2D eigenvalue weighted by atomic mass is 10.2. The Morgan fingerprint density at radius 1 is 1.44 bits per heavy atom. The number of aromatic nitrogens is 2. The molecule has 0 aliphatic carbocycles. The SMILES string of the molecule is CCC(NC)c1nnc(-c2ccc(Cl)cc2Br)s1. The molecule has 0 saturated carbocycles. The van der Waals surface area contributed by atoms with E-state index in [2.05, 4.69) is 38.4 Å². The Labute approximate surface area is 124 Å². The highest BCUT2D eigenvalue weighted by Crippen LogP contribution is 2.34. The zero-order valence-electron chi connectivity index (χ0n) is 10.1. The molecular weight excluding hydrogens is 334 g/mol. The van der Waals surface area contributed by atoms with Crippen LogP contribution in [-0.2, 0) is 0 Å². The van der Waals surface area contributed by atoms with Crippen LogP contribution in [0.15, 0.2) is 22.7 Å². The van der Waals surface area contributed by atoms with Crippen LogP contribution < -0.4 is 5.32 Å². The van der Waals surface area contributed by atoms with Crippen molar-refractivity contribution in [2.75, 3.05) is 7.05 Å². The van der Waals surface area contributed by atoms with Crippen molar-refractivity contribution in [2.24, 2.45) is 0 Å². The Morgan fingerprint density at radius 2 is 2.22 bits per heavy atom. The minimum atomic E-state index is 0.266. The van der Waals surface area contributed by atoms with Gasteiger partial charge in [0, 0.05) is 15.1 Å². The number of nitrogens with zero attached hydrogens (tertiary/aromatic N) is 2. The first-order valence-corrected chi connectivity index (χ1v) is 7.60. The van der Waals surface area contributed by atoms with Crippen LogP contribution in [0.3, 0.4) is 0 Å². The van der Waals surface area contributed by atoms with Crippen LogP contribution in [-0.4, -0.2) is 17.2 Å². The molecule has 2 rings (SSSR count). The highest BCUT2D eigenvalue weighted by molar-refractivity contribution is 9.10. The number of halogens is 2. The van der Waals surface area contributed by atoms with Gasteiger partial charge < -0.3 is 5.32 Å². The van der Waals surface area contributed by atoms with E-state index < -0.39 is 0 Å². The predicted octanol–water partition coefficient (Wildman–Crippen LogP) is 4.29. The first-order chi connectivity index (χ1) is 8.65. The minimum Gasteiger partial charge on any atom is -0.311 e. The summed E-state index contributed by atoms with van der Waals surface area (Å²) in [6, 6.07) is 5.95. The maximum absolute atomic E-state index is 5.93. The Kier molecular flexibility index (Phi) is 4.72. The molecule has 0 saturated heterocycles. The van der Waals surface area contributed by atoms with E-state index in [0.29, 0.717) is 5.02 Å². The van der Waals surface area contributed by atoms with Crippen LogP contribution in [0.2, 0.25) is 5.02 Å². The fraction of sp³-hybridized carbons (Fsp3) is 0.333. The lowest BCUT2D eigenvalue weighted by Crippen LogP contribution is -2.14. The average Bonchev–Trinajstić information content (AvgIpc) is 2.80. The molecule has 0 amide bonds.